The van der Waals surface area contributed by atoms with Crippen LogP contribution in [0.5, 0.6) is 0 Å². The molecule has 0 bridgehead atoms. The summed E-state index contributed by atoms with van der Waals surface area (Å²) in [7, 11) is 2.08. The summed E-state index contributed by atoms with van der Waals surface area (Å²) in [5, 5.41) is 3.22. The first-order chi connectivity index (χ1) is 12.6. The number of anilines is 2. The van der Waals surface area contributed by atoms with Crippen LogP contribution in [0.3, 0.4) is 0 Å². The number of rotatable bonds is 3. The maximum atomic E-state index is 13.1. The van der Waals surface area contributed by atoms with Crippen LogP contribution in [-0.4, -0.2) is 61.1 Å². The molecular formula is C20H22FN3O2. The Hall–Kier alpha value is -2.44. The Morgan fingerprint density at radius 2 is 1.92 bits per heavy atom. The number of amides is 1. The average molecular weight is 355 g/mol. The number of ether oxygens (including phenoxy) is 1. The van der Waals surface area contributed by atoms with Crippen LogP contribution >= 0.6 is 0 Å². The Bertz CT molecular complexity index is 796. The Balaban J connectivity index is 1.54. The second-order valence-corrected chi connectivity index (χ2v) is 6.84. The van der Waals surface area contributed by atoms with E-state index in [9.17, 15) is 9.18 Å². The van der Waals surface area contributed by atoms with E-state index in [1.165, 1.54) is 12.1 Å². The summed E-state index contributed by atoms with van der Waals surface area (Å²) >= 11 is 0. The Kier molecular flexibility index (Phi) is 4.61. The van der Waals surface area contributed by atoms with Gasteiger partial charge in [0.2, 0.25) is 0 Å². The van der Waals surface area contributed by atoms with Gasteiger partial charge in [0.15, 0.2) is 0 Å². The topological polar surface area (TPSA) is 44.8 Å². The molecule has 0 radical (unpaired) electrons. The van der Waals surface area contributed by atoms with E-state index in [2.05, 4.69) is 17.3 Å². The van der Waals surface area contributed by atoms with Crippen LogP contribution in [0.2, 0.25) is 0 Å². The van der Waals surface area contributed by atoms with Crippen molar-refractivity contribution in [3.63, 3.8) is 0 Å². The van der Waals surface area contributed by atoms with E-state index in [-0.39, 0.29) is 23.9 Å². The quantitative estimate of drug-likeness (QED) is 0.920. The second-order valence-electron chi connectivity index (χ2n) is 6.84. The van der Waals surface area contributed by atoms with E-state index < -0.39 is 0 Å². The number of hydrogen-bond donors (Lipinski definition) is 1. The molecule has 0 unspecified atom stereocenters. The van der Waals surface area contributed by atoms with E-state index in [1.807, 2.05) is 29.2 Å². The van der Waals surface area contributed by atoms with Crippen LogP contribution in [0.4, 0.5) is 15.8 Å². The summed E-state index contributed by atoms with van der Waals surface area (Å²) in [5.41, 5.74) is 2.07. The van der Waals surface area contributed by atoms with E-state index in [1.54, 1.807) is 12.1 Å². The highest BCUT2D eigenvalue weighted by molar-refractivity contribution is 6.00. The van der Waals surface area contributed by atoms with Gasteiger partial charge in [-0.15, -0.1) is 0 Å². The Labute approximate surface area is 152 Å². The molecule has 2 saturated heterocycles. The summed E-state index contributed by atoms with van der Waals surface area (Å²) < 4.78 is 18.9. The monoisotopic (exact) mass is 355 g/mol. The number of carbonyl (C=O) groups is 1. The smallest absolute Gasteiger partial charge is 0.256 e. The zero-order valence-corrected chi connectivity index (χ0v) is 14.7. The Morgan fingerprint density at radius 3 is 2.69 bits per heavy atom. The third-order valence-corrected chi connectivity index (χ3v) is 5.15. The lowest BCUT2D eigenvalue weighted by Crippen LogP contribution is -2.48. The number of benzene rings is 2. The maximum absolute atomic E-state index is 13.1. The van der Waals surface area contributed by atoms with Crippen molar-refractivity contribution < 1.29 is 13.9 Å². The first-order valence-corrected chi connectivity index (χ1v) is 8.84. The van der Waals surface area contributed by atoms with Gasteiger partial charge in [-0.05, 0) is 43.4 Å². The van der Waals surface area contributed by atoms with E-state index in [0.717, 1.165) is 12.2 Å². The average Bonchev–Trinajstić information content (AvgIpc) is 3.09. The minimum absolute atomic E-state index is 0.0124. The lowest BCUT2D eigenvalue weighted by molar-refractivity contribution is -0.0368. The van der Waals surface area contributed by atoms with Crippen molar-refractivity contribution in [1.29, 1.82) is 0 Å². The number of nitrogens with one attached hydrogen (secondary N) is 1. The number of nitrogens with zero attached hydrogens (tertiary/aromatic N) is 2. The molecule has 5 nitrogen and oxygen atoms in total. The molecule has 2 aliphatic rings. The summed E-state index contributed by atoms with van der Waals surface area (Å²) in [6, 6.07) is 13.8. The number of hydrogen-bond acceptors (Lipinski definition) is 4. The predicted octanol–water partition coefficient (Wildman–Crippen LogP) is 2.72. The van der Waals surface area contributed by atoms with Gasteiger partial charge < -0.3 is 15.0 Å². The van der Waals surface area contributed by atoms with Gasteiger partial charge in [0.05, 0.1) is 30.0 Å². The third-order valence-electron chi connectivity index (χ3n) is 5.15. The van der Waals surface area contributed by atoms with Crippen molar-refractivity contribution >= 4 is 17.3 Å². The number of likely N-dealkylation sites (tertiary alicyclic amines) is 1. The van der Waals surface area contributed by atoms with Gasteiger partial charge in [-0.3, -0.25) is 9.69 Å². The van der Waals surface area contributed by atoms with Gasteiger partial charge in [0.25, 0.3) is 5.91 Å². The lowest BCUT2D eigenvalue weighted by atomic mass is 10.1. The molecule has 0 aliphatic carbocycles. The van der Waals surface area contributed by atoms with Gasteiger partial charge in [-0.1, -0.05) is 12.1 Å². The van der Waals surface area contributed by atoms with E-state index in [0.29, 0.717) is 30.9 Å². The van der Waals surface area contributed by atoms with Gasteiger partial charge in [-0.25, -0.2) is 4.39 Å². The first kappa shape index (κ1) is 17.0. The molecule has 2 aromatic rings. The van der Waals surface area contributed by atoms with Gasteiger partial charge in [0, 0.05) is 25.3 Å². The second kappa shape index (κ2) is 7.05. The van der Waals surface area contributed by atoms with Gasteiger partial charge in [-0.2, -0.15) is 0 Å². The molecule has 4 rings (SSSR count). The van der Waals surface area contributed by atoms with Crippen molar-refractivity contribution in [1.82, 2.24) is 9.80 Å². The zero-order chi connectivity index (χ0) is 18.1. The number of para-hydroxylation sites is 1. The maximum Gasteiger partial charge on any atom is 0.256 e. The zero-order valence-electron chi connectivity index (χ0n) is 14.7. The fraction of sp³-hybridized carbons (Fsp3) is 0.350. The number of fused-ring (bicyclic) bond motifs is 1. The minimum Gasteiger partial charge on any atom is -0.373 e. The van der Waals surface area contributed by atoms with Crippen LogP contribution in [-0.2, 0) is 4.74 Å². The molecule has 26 heavy (non-hydrogen) atoms. The van der Waals surface area contributed by atoms with E-state index >= 15 is 0 Å². The van der Waals surface area contributed by atoms with Crippen LogP contribution in [0.15, 0.2) is 48.5 Å². The highest BCUT2D eigenvalue weighted by Gasteiger charge is 2.40. The molecule has 6 heteroatoms. The predicted molar refractivity (Wildman–Crippen MR) is 98.2 cm³/mol. The highest BCUT2D eigenvalue weighted by atomic mass is 19.1. The molecule has 0 saturated carbocycles. The minimum atomic E-state index is -0.288. The fourth-order valence-corrected chi connectivity index (χ4v) is 3.66. The molecule has 2 atom stereocenters. The molecule has 2 heterocycles. The molecular weight excluding hydrogens is 333 g/mol. The largest absolute Gasteiger partial charge is 0.373 e. The van der Waals surface area contributed by atoms with Crippen molar-refractivity contribution in [2.75, 3.05) is 38.6 Å². The number of likely N-dealkylation sites (N-methyl/N-ethyl adjacent to an activating group) is 1. The first-order valence-electron chi connectivity index (χ1n) is 8.84. The SMILES string of the molecule is CN1CCO[C@@H]2CN(C(=O)c3ccccc3Nc3ccc(F)cc3)C[C@@H]21. The van der Waals surface area contributed by atoms with Crippen molar-refractivity contribution in [2.45, 2.75) is 12.1 Å². The lowest BCUT2D eigenvalue weighted by Gasteiger charge is -2.33. The Morgan fingerprint density at radius 1 is 1.15 bits per heavy atom. The summed E-state index contributed by atoms with van der Waals surface area (Å²) in [4.78, 5) is 17.2. The van der Waals surface area contributed by atoms with Crippen LogP contribution in [0.25, 0.3) is 0 Å². The molecule has 0 aromatic heterocycles. The van der Waals surface area contributed by atoms with Gasteiger partial charge >= 0.3 is 0 Å². The van der Waals surface area contributed by atoms with Gasteiger partial charge in [0.1, 0.15) is 5.82 Å². The number of halogens is 1. The van der Waals surface area contributed by atoms with Crippen molar-refractivity contribution in [2.24, 2.45) is 0 Å². The summed E-state index contributed by atoms with van der Waals surface area (Å²) in [6.07, 6.45) is 0.0786. The van der Waals surface area contributed by atoms with E-state index in [4.69, 9.17) is 4.74 Å². The number of carbonyl (C=O) groups excluding carboxylic acids is 1. The van der Waals surface area contributed by atoms with Crippen LogP contribution in [0.1, 0.15) is 10.4 Å². The molecule has 1 amide bonds. The molecule has 2 fully saturated rings. The molecule has 136 valence electrons. The third kappa shape index (κ3) is 3.30. The number of morpholine rings is 1. The molecule has 0 spiro atoms. The molecule has 2 aromatic carbocycles. The summed E-state index contributed by atoms with van der Waals surface area (Å²) in [6.45, 7) is 2.89. The highest BCUT2D eigenvalue weighted by Crippen LogP contribution is 2.27. The summed E-state index contributed by atoms with van der Waals surface area (Å²) in [5.74, 6) is -0.301. The normalized spacial score (nSPS) is 22.9. The van der Waals surface area contributed by atoms with Crippen LogP contribution in [0, 0.1) is 5.82 Å². The molecule has 2 aliphatic heterocycles. The standard InChI is InChI=1S/C20H22FN3O2/c1-23-10-11-26-19-13-24(12-18(19)23)20(25)16-4-2-3-5-17(16)22-15-8-6-14(21)7-9-15/h2-9,18-19,22H,10-13H2,1H3/t18-,19+/m0/s1. The van der Waals surface area contributed by atoms with Crippen LogP contribution < -0.4 is 5.32 Å². The van der Waals surface area contributed by atoms with Crippen molar-refractivity contribution in [3.05, 3.63) is 59.9 Å². The fourth-order valence-electron chi connectivity index (χ4n) is 3.66. The molecule has 1 N–H and O–H groups in total. The van der Waals surface area contributed by atoms with Crippen molar-refractivity contribution in [3.8, 4) is 0 Å².